The fraction of sp³-hybridized carbons (Fsp3) is 0.208. The van der Waals surface area contributed by atoms with E-state index in [4.69, 9.17) is 4.98 Å². The van der Waals surface area contributed by atoms with Gasteiger partial charge >= 0.3 is 0 Å². The van der Waals surface area contributed by atoms with Crippen molar-refractivity contribution in [1.82, 2.24) is 4.98 Å². The van der Waals surface area contributed by atoms with Gasteiger partial charge in [0.15, 0.2) is 0 Å². The number of phenols is 1. The quantitative estimate of drug-likeness (QED) is 0.395. The summed E-state index contributed by atoms with van der Waals surface area (Å²) in [4.78, 5) is 5.05. The molecule has 3 heteroatoms. The van der Waals surface area contributed by atoms with Crippen molar-refractivity contribution in [3.8, 4) is 16.9 Å². The van der Waals surface area contributed by atoms with Gasteiger partial charge in [0.05, 0.1) is 5.52 Å². The van der Waals surface area contributed by atoms with Crippen molar-refractivity contribution in [1.29, 1.82) is 0 Å². The van der Waals surface area contributed by atoms with Crippen molar-refractivity contribution in [2.75, 3.05) is 0 Å². The Morgan fingerprint density at radius 2 is 1.74 bits per heavy atom. The number of nitrogens with zero attached hydrogens (tertiary/aromatic N) is 1. The largest absolute Gasteiger partial charge is 0.507 e. The number of hydrogen-bond acceptors (Lipinski definition) is 2. The SMILES string of the molecule is CC1CCc2c(nc3ccc4ccccc4c3c2-c2ccccc2O)C1.Cl. The predicted molar refractivity (Wildman–Crippen MR) is 115 cm³/mol. The summed E-state index contributed by atoms with van der Waals surface area (Å²) in [7, 11) is 0. The van der Waals surface area contributed by atoms with Crippen LogP contribution in [0.1, 0.15) is 24.6 Å². The number of hydrogen-bond donors (Lipinski definition) is 1. The fourth-order valence-corrected chi connectivity index (χ4v) is 4.37. The zero-order valence-electron chi connectivity index (χ0n) is 15.3. The van der Waals surface area contributed by atoms with Gasteiger partial charge < -0.3 is 5.11 Å². The third-order valence-corrected chi connectivity index (χ3v) is 5.66. The molecule has 0 aliphatic heterocycles. The molecular formula is C24H22ClNO. The molecule has 0 saturated carbocycles. The van der Waals surface area contributed by atoms with Crippen molar-refractivity contribution >= 4 is 34.1 Å². The zero-order chi connectivity index (χ0) is 17.7. The van der Waals surface area contributed by atoms with E-state index in [1.807, 2.05) is 18.2 Å². The maximum absolute atomic E-state index is 10.6. The summed E-state index contributed by atoms with van der Waals surface area (Å²) < 4.78 is 0. The molecule has 2 nitrogen and oxygen atoms in total. The van der Waals surface area contributed by atoms with Crippen LogP contribution in [0.25, 0.3) is 32.8 Å². The van der Waals surface area contributed by atoms with E-state index in [0.29, 0.717) is 11.7 Å². The number of para-hydroxylation sites is 1. The molecule has 1 N–H and O–H groups in total. The molecule has 5 rings (SSSR count). The normalized spacial score (nSPS) is 16.1. The van der Waals surface area contributed by atoms with Crippen LogP contribution in [-0.2, 0) is 12.8 Å². The summed E-state index contributed by atoms with van der Waals surface area (Å²) in [5, 5.41) is 14.2. The first kappa shape index (κ1) is 17.8. The van der Waals surface area contributed by atoms with Gasteiger partial charge in [-0.15, -0.1) is 12.4 Å². The Balaban J connectivity index is 0.00000180. The smallest absolute Gasteiger partial charge is 0.123 e. The summed E-state index contributed by atoms with van der Waals surface area (Å²) in [5.74, 6) is 0.999. The molecule has 136 valence electrons. The second-order valence-corrected chi connectivity index (χ2v) is 7.46. The van der Waals surface area contributed by atoms with E-state index in [1.54, 1.807) is 6.07 Å². The standard InChI is InChI=1S/C24H21NO.ClH/c1-15-10-12-18-21(14-15)25-20-13-11-16-6-2-3-7-17(16)24(20)23(18)19-8-4-5-9-22(19)26;/h2-9,11,13,15,26H,10,12,14H2,1H3;1H. The Bertz CT molecular complexity index is 1150. The van der Waals surface area contributed by atoms with E-state index in [-0.39, 0.29) is 12.4 Å². The Morgan fingerprint density at radius 1 is 0.963 bits per heavy atom. The molecule has 27 heavy (non-hydrogen) atoms. The highest BCUT2D eigenvalue weighted by molar-refractivity contribution is 6.14. The number of benzene rings is 3. The van der Waals surface area contributed by atoms with Crippen molar-refractivity contribution in [2.24, 2.45) is 5.92 Å². The van der Waals surface area contributed by atoms with Crippen LogP contribution in [0.2, 0.25) is 0 Å². The molecule has 1 unspecified atom stereocenters. The lowest BCUT2D eigenvalue weighted by Crippen LogP contribution is -2.14. The fourth-order valence-electron chi connectivity index (χ4n) is 4.37. The maximum Gasteiger partial charge on any atom is 0.123 e. The highest BCUT2D eigenvalue weighted by Gasteiger charge is 2.24. The van der Waals surface area contributed by atoms with E-state index in [9.17, 15) is 5.11 Å². The number of pyridine rings is 1. The average Bonchev–Trinajstić information content (AvgIpc) is 2.66. The van der Waals surface area contributed by atoms with Crippen LogP contribution in [0.5, 0.6) is 5.75 Å². The number of halogens is 1. The number of aromatic hydroxyl groups is 1. The minimum absolute atomic E-state index is 0. The molecule has 1 atom stereocenters. The maximum atomic E-state index is 10.6. The van der Waals surface area contributed by atoms with Gasteiger partial charge in [0.25, 0.3) is 0 Å². The van der Waals surface area contributed by atoms with E-state index in [1.165, 1.54) is 34.0 Å². The van der Waals surface area contributed by atoms with Gasteiger partial charge in [-0.25, -0.2) is 0 Å². The Kier molecular flexibility index (Phi) is 4.53. The van der Waals surface area contributed by atoms with Crippen molar-refractivity contribution in [3.63, 3.8) is 0 Å². The molecule has 0 fully saturated rings. The number of aromatic nitrogens is 1. The topological polar surface area (TPSA) is 33.1 Å². The lowest BCUT2D eigenvalue weighted by molar-refractivity contribution is 0.476. The van der Waals surface area contributed by atoms with E-state index < -0.39 is 0 Å². The lowest BCUT2D eigenvalue weighted by atomic mass is 9.82. The first-order valence-electron chi connectivity index (χ1n) is 9.34. The lowest BCUT2D eigenvalue weighted by Gasteiger charge is -2.25. The summed E-state index contributed by atoms with van der Waals surface area (Å²) in [6, 6.07) is 20.4. The molecule has 0 radical (unpaired) electrons. The molecular weight excluding hydrogens is 354 g/mol. The van der Waals surface area contributed by atoms with Gasteiger partial charge in [-0.05, 0) is 53.6 Å². The monoisotopic (exact) mass is 375 g/mol. The van der Waals surface area contributed by atoms with Gasteiger partial charge in [0, 0.05) is 22.2 Å². The van der Waals surface area contributed by atoms with Crippen LogP contribution < -0.4 is 0 Å². The second kappa shape index (κ2) is 6.86. The second-order valence-electron chi connectivity index (χ2n) is 7.46. The number of fused-ring (bicyclic) bond motifs is 4. The third kappa shape index (κ3) is 2.85. The van der Waals surface area contributed by atoms with Gasteiger partial charge in [-0.3, -0.25) is 4.98 Å². The number of rotatable bonds is 1. The van der Waals surface area contributed by atoms with Crippen molar-refractivity contribution in [3.05, 3.63) is 71.9 Å². The van der Waals surface area contributed by atoms with E-state index in [2.05, 4.69) is 43.3 Å². The summed E-state index contributed by atoms with van der Waals surface area (Å²) in [6.45, 7) is 2.30. The van der Waals surface area contributed by atoms with Gasteiger partial charge in [-0.2, -0.15) is 0 Å². The van der Waals surface area contributed by atoms with Crippen LogP contribution in [0.15, 0.2) is 60.7 Å². The molecule has 0 spiro atoms. The van der Waals surface area contributed by atoms with Crippen LogP contribution in [0.3, 0.4) is 0 Å². The molecule has 1 aliphatic rings. The first-order valence-corrected chi connectivity index (χ1v) is 9.34. The molecule has 0 bridgehead atoms. The Labute approximate surface area is 165 Å². The minimum atomic E-state index is 0. The van der Waals surface area contributed by atoms with E-state index >= 15 is 0 Å². The molecule has 1 aliphatic carbocycles. The highest BCUT2D eigenvalue weighted by Crippen LogP contribution is 2.43. The Hall–Kier alpha value is -2.58. The van der Waals surface area contributed by atoms with Crippen LogP contribution in [0.4, 0.5) is 0 Å². The molecule has 0 amide bonds. The highest BCUT2D eigenvalue weighted by atomic mass is 35.5. The van der Waals surface area contributed by atoms with Gasteiger partial charge in [-0.1, -0.05) is 55.5 Å². The van der Waals surface area contributed by atoms with Crippen LogP contribution in [0, 0.1) is 5.92 Å². The van der Waals surface area contributed by atoms with Gasteiger partial charge in [0.1, 0.15) is 5.75 Å². The van der Waals surface area contributed by atoms with Crippen LogP contribution in [-0.4, -0.2) is 10.1 Å². The number of phenolic OH excluding ortho intramolecular Hbond substituents is 1. The minimum Gasteiger partial charge on any atom is -0.507 e. The van der Waals surface area contributed by atoms with Crippen molar-refractivity contribution < 1.29 is 5.11 Å². The van der Waals surface area contributed by atoms with Gasteiger partial charge in [0.2, 0.25) is 0 Å². The molecule has 1 aromatic heterocycles. The first-order chi connectivity index (χ1) is 12.7. The predicted octanol–water partition coefficient (Wildman–Crippen LogP) is 6.31. The summed E-state index contributed by atoms with van der Waals surface area (Å²) in [6.07, 6.45) is 3.20. The Morgan fingerprint density at radius 3 is 2.59 bits per heavy atom. The molecule has 3 aromatic carbocycles. The molecule has 4 aromatic rings. The third-order valence-electron chi connectivity index (χ3n) is 5.66. The summed E-state index contributed by atoms with van der Waals surface area (Å²) in [5.41, 5.74) is 5.63. The summed E-state index contributed by atoms with van der Waals surface area (Å²) >= 11 is 0. The van der Waals surface area contributed by atoms with Crippen LogP contribution >= 0.6 is 12.4 Å². The van der Waals surface area contributed by atoms with E-state index in [0.717, 1.165) is 29.3 Å². The molecule has 1 heterocycles. The average molecular weight is 376 g/mol. The zero-order valence-corrected chi connectivity index (χ0v) is 16.1. The molecule has 0 saturated heterocycles. The van der Waals surface area contributed by atoms with Crippen molar-refractivity contribution in [2.45, 2.75) is 26.2 Å².